The summed E-state index contributed by atoms with van der Waals surface area (Å²) in [5.74, 6) is -0.693. The molecule has 1 aromatic carbocycles. The molecular weight excluding hydrogens is 238 g/mol. The lowest BCUT2D eigenvalue weighted by Gasteiger charge is -2.10. The first-order chi connectivity index (χ1) is 6.90. The number of nitrogens with two attached hydrogens (primary N) is 1. The van der Waals surface area contributed by atoms with Gasteiger partial charge in [0.05, 0.1) is 5.69 Å². The molecule has 7 heteroatoms. The van der Waals surface area contributed by atoms with Crippen LogP contribution in [-0.4, -0.2) is 29.0 Å². The molecule has 0 saturated heterocycles. The Morgan fingerprint density at radius 3 is 2.53 bits per heavy atom. The van der Waals surface area contributed by atoms with Crippen molar-refractivity contribution in [1.29, 1.82) is 0 Å². The zero-order valence-electron chi connectivity index (χ0n) is 7.79. The lowest BCUT2D eigenvalue weighted by molar-refractivity contribution is 0.484. The van der Waals surface area contributed by atoms with E-state index in [0.717, 1.165) is 0 Å². The molecule has 0 spiro atoms. The highest BCUT2D eigenvalue weighted by atomic mass is 32.2. The predicted molar refractivity (Wildman–Crippen MR) is 58.5 cm³/mol. The van der Waals surface area contributed by atoms with E-state index in [1.54, 1.807) is 24.3 Å². The first-order valence-electron chi connectivity index (χ1n) is 4.08. The van der Waals surface area contributed by atoms with Gasteiger partial charge < -0.3 is 10.3 Å². The summed E-state index contributed by atoms with van der Waals surface area (Å²) in [5.41, 5.74) is 5.91. The molecule has 0 aliphatic heterocycles. The molecule has 0 bridgehead atoms. The third-order valence-electron chi connectivity index (χ3n) is 1.69. The van der Waals surface area contributed by atoms with Gasteiger partial charge in [-0.05, 0) is 23.3 Å². The van der Waals surface area contributed by atoms with Crippen molar-refractivity contribution < 1.29 is 17.5 Å². The van der Waals surface area contributed by atoms with Crippen molar-refractivity contribution in [2.75, 3.05) is 17.2 Å². The summed E-state index contributed by atoms with van der Waals surface area (Å²) in [6.07, 6.45) is 0. The van der Waals surface area contributed by atoms with Crippen molar-refractivity contribution in [1.82, 2.24) is 0 Å². The molecule has 1 unspecified atom stereocenters. The summed E-state index contributed by atoms with van der Waals surface area (Å²) in [7, 11) is -4.07. The lowest BCUT2D eigenvalue weighted by atomic mass is 10.3. The molecular formula is C8H11NO4S2. The van der Waals surface area contributed by atoms with Crippen LogP contribution >= 0.6 is 0 Å². The van der Waals surface area contributed by atoms with Gasteiger partial charge in [-0.3, -0.25) is 4.55 Å². The monoisotopic (exact) mass is 249 g/mol. The predicted octanol–water partition coefficient (Wildman–Crippen LogP) is 0.264. The summed E-state index contributed by atoms with van der Waals surface area (Å²) >= 11 is -1.51. The highest BCUT2D eigenvalue weighted by Gasteiger charge is 2.17. The van der Waals surface area contributed by atoms with Crippen molar-refractivity contribution in [3.63, 3.8) is 0 Å². The van der Waals surface area contributed by atoms with Crippen LogP contribution in [0.3, 0.4) is 0 Å². The first-order valence-corrected chi connectivity index (χ1v) is 7.01. The maximum Gasteiger partial charge on any atom is 0.269 e. The Balaban J connectivity index is 2.70. The van der Waals surface area contributed by atoms with Gasteiger partial charge in [-0.15, -0.1) is 0 Å². The molecule has 5 nitrogen and oxygen atoms in total. The van der Waals surface area contributed by atoms with Gasteiger partial charge in [-0.25, -0.2) is 0 Å². The van der Waals surface area contributed by atoms with Crippen LogP contribution < -0.4 is 5.73 Å². The zero-order valence-corrected chi connectivity index (χ0v) is 9.42. The zero-order chi connectivity index (χ0) is 11.5. The molecule has 0 aromatic heterocycles. The molecule has 15 heavy (non-hydrogen) atoms. The fourth-order valence-electron chi connectivity index (χ4n) is 0.979. The maximum absolute atomic E-state index is 11.6. The fraction of sp³-hybridized carbons (Fsp3) is 0.250. The Hall–Kier alpha value is -0.760. The molecule has 0 aliphatic rings. The van der Waals surface area contributed by atoms with E-state index >= 15 is 0 Å². The number of nitrogen functional groups attached to an aromatic ring is 1. The van der Waals surface area contributed by atoms with Crippen molar-refractivity contribution in [3.05, 3.63) is 24.3 Å². The summed E-state index contributed by atoms with van der Waals surface area (Å²) in [6, 6.07) is 6.51. The fourth-order valence-corrected chi connectivity index (χ4v) is 3.21. The Labute approximate surface area is 91.2 Å². The molecule has 0 fully saturated rings. The average Bonchev–Trinajstić information content (AvgIpc) is 2.14. The summed E-state index contributed by atoms with van der Waals surface area (Å²) < 4.78 is 40.9. The van der Waals surface area contributed by atoms with Gasteiger partial charge >= 0.3 is 0 Å². The second-order valence-electron chi connectivity index (χ2n) is 2.87. The molecule has 0 saturated carbocycles. The van der Waals surface area contributed by atoms with Gasteiger partial charge in [0.15, 0.2) is 4.90 Å². The van der Waals surface area contributed by atoms with Crippen LogP contribution in [0.2, 0.25) is 0 Å². The number of benzene rings is 1. The molecule has 1 atom stereocenters. The highest BCUT2D eigenvalue weighted by Crippen LogP contribution is 2.18. The minimum atomic E-state index is -4.07. The van der Waals surface area contributed by atoms with Gasteiger partial charge in [-0.2, -0.15) is 8.42 Å². The maximum atomic E-state index is 11.6. The minimum Gasteiger partial charge on any atom is -0.611 e. The van der Waals surface area contributed by atoms with Crippen molar-refractivity contribution in [2.24, 2.45) is 0 Å². The van der Waals surface area contributed by atoms with E-state index in [0.29, 0.717) is 10.6 Å². The van der Waals surface area contributed by atoms with Gasteiger partial charge in [0, 0.05) is 0 Å². The average molecular weight is 249 g/mol. The van der Waals surface area contributed by atoms with E-state index in [1.807, 2.05) is 0 Å². The van der Waals surface area contributed by atoms with Crippen molar-refractivity contribution in [3.8, 4) is 0 Å². The second kappa shape index (κ2) is 4.84. The van der Waals surface area contributed by atoms with Crippen LogP contribution in [0.15, 0.2) is 29.2 Å². The number of hydrogen-bond donors (Lipinski definition) is 2. The van der Waals surface area contributed by atoms with Gasteiger partial charge in [-0.1, -0.05) is 12.1 Å². The summed E-state index contributed by atoms with van der Waals surface area (Å²) in [4.78, 5) is 0.390. The molecule has 0 aliphatic carbocycles. The molecule has 1 aromatic rings. The van der Waals surface area contributed by atoms with E-state index in [1.165, 1.54) is 0 Å². The number of hydrogen-bond acceptors (Lipinski definition) is 4. The molecule has 84 valence electrons. The number of para-hydroxylation sites is 1. The van der Waals surface area contributed by atoms with E-state index in [-0.39, 0.29) is 5.75 Å². The molecule has 3 N–H and O–H groups in total. The Bertz CT molecular complexity index is 432. The van der Waals surface area contributed by atoms with Crippen LogP contribution in [0.5, 0.6) is 0 Å². The van der Waals surface area contributed by atoms with Crippen LogP contribution in [0.4, 0.5) is 5.69 Å². The van der Waals surface area contributed by atoms with Crippen LogP contribution in [-0.2, 0) is 21.3 Å². The Morgan fingerprint density at radius 1 is 1.40 bits per heavy atom. The standard InChI is InChI=1S/C8H11NO4S2/c9-7-3-1-2-4-8(7)14(10)5-6-15(11,12)13/h1-4H,5-6,9H2,(H,11,12,13). The third-order valence-corrected chi connectivity index (χ3v) is 4.11. The van der Waals surface area contributed by atoms with Crippen molar-refractivity contribution in [2.45, 2.75) is 4.90 Å². The molecule has 0 heterocycles. The van der Waals surface area contributed by atoms with Crippen LogP contribution in [0, 0.1) is 0 Å². The Kier molecular flexibility index (Phi) is 3.97. The van der Waals surface area contributed by atoms with E-state index < -0.39 is 27.0 Å². The third kappa shape index (κ3) is 4.08. The number of rotatable bonds is 4. The van der Waals surface area contributed by atoms with E-state index in [9.17, 15) is 13.0 Å². The Morgan fingerprint density at radius 2 is 2.00 bits per heavy atom. The summed E-state index contributed by atoms with van der Waals surface area (Å²) in [5, 5.41) is 0. The molecule has 1 rings (SSSR count). The summed E-state index contributed by atoms with van der Waals surface area (Å²) in [6.45, 7) is 0. The molecule has 0 amide bonds. The SMILES string of the molecule is Nc1ccccc1[S+]([O-])CCS(=O)(=O)O. The molecule has 0 radical (unpaired) electrons. The smallest absolute Gasteiger partial charge is 0.269 e. The minimum absolute atomic E-state index is 0.160. The lowest BCUT2D eigenvalue weighted by Crippen LogP contribution is -2.17. The quantitative estimate of drug-likeness (QED) is 0.452. The van der Waals surface area contributed by atoms with Gasteiger partial charge in [0.1, 0.15) is 11.5 Å². The normalized spacial score (nSPS) is 13.7. The topological polar surface area (TPSA) is 103 Å². The van der Waals surface area contributed by atoms with Gasteiger partial charge in [0.2, 0.25) is 0 Å². The van der Waals surface area contributed by atoms with E-state index in [2.05, 4.69) is 0 Å². The van der Waals surface area contributed by atoms with Gasteiger partial charge in [0.25, 0.3) is 10.1 Å². The van der Waals surface area contributed by atoms with Crippen molar-refractivity contribution >= 4 is 27.0 Å². The highest BCUT2D eigenvalue weighted by molar-refractivity contribution is 7.93. The largest absolute Gasteiger partial charge is 0.611 e. The van der Waals surface area contributed by atoms with E-state index in [4.69, 9.17) is 10.3 Å². The number of anilines is 1. The van der Waals surface area contributed by atoms with Crippen LogP contribution in [0.25, 0.3) is 0 Å². The van der Waals surface area contributed by atoms with Crippen LogP contribution in [0.1, 0.15) is 0 Å². The second-order valence-corrected chi connectivity index (χ2v) is 5.98. The first kappa shape index (κ1) is 12.3.